The fourth-order valence-electron chi connectivity index (χ4n) is 2.02. The standard InChI is InChI=1S/C15H11NO2.CHClO2/c17-15-16-13(11-7-3-1-4-8-11)14(18-15)12-9-5-2-6-10-12;2-1(3)4/h1-10,14H;(H,3,4). The van der Waals surface area contributed by atoms with Crippen molar-refractivity contribution in [3.8, 4) is 0 Å². The Hall–Kier alpha value is -2.66. The number of cyclic esters (lactones) is 1. The Kier molecular flexibility index (Phi) is 5.27. The lowest BCUT2D eigenvalue weighted by Gasteiger charge is -2.12. The Labute approximate surface area is 131 Å². The number of hydrogen-bond acceptors (Lipinski definition) is 3. The van der Waals surface area contributed by atoms with Crippen molar-refractivity contribution >= 4 is 28.8 Å². The third kappa shape index (κ3) is 4.17. The van der Waals surface area contributed by atoms with Gasteiger partial charge in [0.1, 0.15) is 5.71 Å². The normalized spacial score (nSPS) is 16.1. The number of carboxylic acid groups (broad SMARTS) is 1. The molecule has 1 amide bonds. The Morgan fingerprint density at radius 1 is 1.05 bits per heavy atom. The molecule has 0 saturated carbocycles. The predicted molar refractivity (Wildman–Crippen MR) is 82.5 cm³/mol. The highest BCUT2D eigenvalue weighted by molar-refractivity contribution is 6.60. The summed E-state index contributed by atoms with van der Waals surface area (Å²) in [6, 6.07) is 19.3. The van der Waals surface area contributed by atoms with Gasteiger partial charge in [-0.25, -0.2) is 9.59 Å². The van der Waals surface area contributed by atoms with Crippen LogP contribution in [0.4, 0.5) is 9.59 Å². The highest BCUT2D eigenvalue weighted by Crippen LogP contribution is 2.28. The van der Waals surface area contributed by atoms with E-state index in [4.69, 9.17) is 14.6 Å². The number of aliphatic imine (C=N–C) groups is 1. The van der Waals surface area contributed by atoms with Crippen molar-refractivity contribution in [1.29, 1.82) is 0 Å². The molecule has 112 valence electrons. The number of benzene rings is 2. The van der Waals surface area contributed by atoms with Crippen LogP contribution < -0.4 is 0 Å². The van der Waals surface area contributed by atoms with E-state index in [2.05, 4.69) is 16.6 Å². The summed E-state index contributed by atoms with van der Waals surface area (Å²) in [5.74, 6) is 0. The van der Waals surface area contributed by atoms with Gasteiger partial charge in [0, 0.05) is 17.2 Å². The quantitative estimate of drug-likeness (QED) is 0.839. The summed E-state index contributed by atoms with van der Waals surface area (Å²) in [7, 11) is 0. The van der Waals surface area contributed by atoms with Crippen molar-refractivity contribution in [2.24, 2.45) is 4.99 Å². The first-order valence-electron chi connectivity index (χ1n) is 6.36. The molecular formula is C16H12ClNO4. The van der Waals surface area contributed by atoms with Crippen LogP contribution in [0, 0.1) is 0 Å². The van der Waals surface area contributed by atoms with E-state index in [0.29, 0.717) is 5.71 Å². The third-order valence-corrected chi connectivity index (χ3v) is 2.85. The average molecular weight is 318 g/mol. The lowest BCUT2D eigenvalue weighted by atomic mass is 9.99. The molecule has 1 atom stereocenters. The zero-order valence-corrected chi connectivity index (χ0v) is 12.1. The highest BCUT2D eigenvalue weighted by Gasteiger charge is 2.30. The molecule has 1 aliphatic heterocycles. The average Bonchev–Trinajstić information content (AvgIpc) is 2.90. The monoisotopic (exact) mass is 317 g/mol. The van der Waals surface area contributed by atoms with Crippen molar-refractivity contribution in [2.45, 2.75) is 6.10 Å². The number of carbonyl (C=O) groups excluding carboxylic acids is 1. The second-order valence-corrected chi connectivity index (χ2v) is 4.61. The molecule has 0 bridgehead atoms. The summed E-state index contributed by atoms with van der Waals surface area (Å²) >= 11 is 4.19. The number of nitrogens with zero attached hydrogens (tertiary/aromatic N) is 1. The summed E-state index contributed by atoms with van der Waals surface area (Å²) < 4.78 is 5.27. The van der Waals surface area contributed by atoms with Gasteiger partial charge >= 0.3 is 11.5 Å². The van der Waals surface area contributed by atoms with Gasteiger partial charge in [0.15, 0.2) is 6.10 Å². The molecule has 1 aliphatic rings. The van der Waals surface area contributed by atoms with Crippen LogP contribution in [0.15, 0.2) is 65.7 Å². The van der Waals surface area contributed by atoms with E-state index < -0.39 is 17.6 Å². The maximum Gasteiger partial charge on any atom is 0.435 e. The number of amides is 1. The highest BCUT2D eigenvalue weighted by atomic mass is 35.5. The van der Waals surface area contributed by atoms with Crippen molar-refractivity contribution in [3.05, 3.63) is 71.8 Å². The van der Waals surface area contributed by atoms with Crippen LogP contribution in [0.25, 0.3) is 0 Å². The Morgan fingerprint density at radius 3 is 2.09 bits per heavy atom. The number of rotatable bonds is 2. The van der Waals surface area contributed by atoms with E-state index in [-0.39, 0.29) is 0 Å². The van der Waals surface area contributed by atoms with Gasteiger partial charge in [0.25, 0.3) is 0 Å². The first kappa shape index (κ1) is 15.7. The molecule has 0 fully saturated rings. The molecule has 0 aliphatic carbocycles. The van der Waals surface area contributed by atoms with E-state index in [1.807, 2.05) is 60.7 Å². The first-order chi connectivity index (χ1) is 10.6. The molecule has 0 spiro atoms. The number of hydrogen-bond donors (Lipinski definition) is 1. The molecule has 0 saturated heterocycles. The number of halogens is 1. The zero-order chi connectivity index (χ0) is 15.9. The van der Waals surface area contributed by atoms with Crippen molar-refractivity contribution in [1.82, 2.24) is 0 Å². The molecule has 6 heteroatoms. The Bertz CT molecular complexity index is 682. The van der Waals surface area contributed by atoms with E-state index in [1.165, 1.54) is 0 Å². The van der Waals surface area contributed by atoms with Gasteiger partial charge in [-0.05, 0) is 5.56 Å². The first-order valence-corrected chi connectivity index (χ1v) is 6.73. The largest absolute Gasteiger partial charge is 0.469 e. The summed E-state index contributed by atoms with van der Waals surface area (Å²) in [4.78, 5) is 24.1. The Morgan fingerprint density at radius 2 is 1.55 bits per heavy atom. The maximum atomic E-state index is 11.4. The molecule has 3 rings (SSSR count). The fraction of sp³-hybridized carbons (Fsp3) is 0.0625. The van der Waals surface area contributed by atoms with Crippen LogP contribution in [0.3, 0.4) is 0 Å². The number of ether oxygens (including phenoxy) is 1. The summed E-state index contributed by atoms with van der Waals surface area (Å²) in [5, 5.41) is 7.18. The topological polar surface area (TPSA) is 76.0 Å². The molecule has 0 radical (unpaired) electrons. The van der Waals surface area contributed by atoms with Crippen LogP contribution in [-0.2, 0) is 4.74 Å². The maximum absolute atomic E-state index is 11.4. The predicted octanol–water partition coefficient (Wildman–Crippen LogP) is 4.27. The zero-order valence-electron chi connectivity index (χ0n) is 11.3. The van der Waals surface area contributed by atoms with Crippen LogP contribution in [0.5, 0.6) is 0 Å². The van der Waals surface area contributed by atoms with E-state index in [9.17, 15) is 4.79 Å². The summed E-state index contributed by atoms with van der Waals surface area (Å²) in [5.41, 5.74) is 1.16. The minimum atomic E-state index is -1.36. The van der Waals surface area contributed by atoms with E-state index in [1.54, 1.807) is 0 Å². The molecule has 5 nitrogen and oxygen atoms in total. The van der Waals surface area contributed by atoms with Crippen molar-refractivity contribution in [3.63, 3.8) is 0 Å². The summed E-state index contributed by atoms with van der Waals surface area (Å²) in [6.07, 6.45) is -0.927. The third-order valence-electron chi connectivity index (χ3n) is 2.85. The molecule has 0 aromatic heterocycles. The van der Waals surface area contributed by atoms with Gasteiger partial charge in [-0.1, -0.05) is 60.7 Å². The number of carbonyl (C=O) groups is 2. The second kappa shape index (κ2) is 7.38. The van der Waals surface area contributed by atoms with Gasteiger partial charge in [0.05, 0.1) is 0 Å². The lowest BCUT2D eigenvalue weighted by molar-refractivity contribution is 0.149. The van der Waals surface area contributed by atoms with Crippen LogP contribution in [0.1, 0.15) is 17.2 Å². The second-order valence-electron chi connectivity index (χ2n) is 4.29. The summed E-state index contributed by atoms with van der Waals surface area (Å²) in [6.45, 7) is 0. The van der Waals surface area contributed by atoms with Gasteiger partial charge in [-0.15, -0.1) is 0 Å². The molecule has 1 heterocycles. The van der Waals surface area contributed by atoms with Crippen molar-refractivity contribution in [2.75, 3.05) is 0 Å². The SMILES string of the molecule is O=C(O)Cl.O=C1N=C(c2ccccc2)C(c2ccccc2)O1. The lowest BCUT2D eigenvalue weighted by Crippen LogP contribution is -2.11. The molecular weight excluding hydrogens is 306 g/mol. The van der Waals surface area contributed by atoms with E-state index >= 15 is 0 Å². The smallest absolute Gasteiger partial charge is 0.435 e. The molecule has 1 N–H and O–H groups in total. The molecule has 2 aromatic rings. The van der Waals surface area contributed by atoms with Crippen LogP contribution in [-0.4, -0.2) is 22.3 Å². The van der Waals surface area contributed by atoms with Gasteiger partial charge in [0.2, 0.25) is 0 Å². The molecule has 1 unspecified atom stereocenters. The van der Waals surface area contributed by atoms with E-state index in [0.717, 1.165) is 11.1 Å². The van der Waals surface area contributed by atoms with Gasteiger partial charge in [-0.3, -0.25) is 0 Å². The molecule has 22 heavy (non-hydrogen) atoms. The Balaban J connectivity index is 0.000000396. The molecule has 2 aromatic carbocycles. The minimum Gasteiger partial charge on any atom is -0.469 e. The van der Waals surface area contributed by atoms with Crippen LogP contribution in [0.2, 0.25) is 0 Å². The van der Waals surface area contributed by atoms with Gasteiger partial charge < -0.3 is 9.84 Å². The minimum absolute atomic E-state index is 0.402. The van der Waals surface area contributed by atoms with Crippen molar-refractivity contribution < 1.29 is 19.4 Å². The van der Waals surface area contributed by atoms with Gasteiger partial charge in [-0.2, -0.15) is 4.99 Å². The fourth-order valence-corrected chi connectivity index (χ4v) is 2.02. The van der Waals surface area contributed by atoms with Crippen LogP contribution >= 0.6 is 11.6 Å².